The van der Waals surface area contributed by atoms with Crippen molar-refractivity contribution in [3.8, 4) is 11.5 Å². The van der Waals surface area contributed by atoms with Gasteiger partial charge in [-0.25, -0.2) is 9.69 Å². The van der Waals surface area contributed by atoms with E-state index in [4.69, 9.17) is 9.47 Å². The van der Waals surface area contributed by atoms with E-state index in [0.717, 1.165) is 16.9 Å². The zero-order chi connectivity index (χ0) is 22.4. The lowest BCUT2D eigenvalue weighted by Gasteiger charge is -2.26. The van der Waals surface area contributed by atoms with Gasteiger partial charge in [0.1, 0.15) is 5.57 Å². The standard InChI is InChI=1S/C24H24N2O5/c1-4-9-17-13-16(15-20(30-3)21(17)31-12-5-2)14-19-22(27)25-24(29)26(23(19)28)18-10-7-6-8-11-18/h4,6-8,10-11,13-15H,1,5,9,12H2,2-3H3,(H,25,27,29)/b19-14+. The van der Waals surface area contributed by atoms with Gasteiger partial charge in [-0.05, 0) is 48.7 Å². The topological polar surface area (TPSA) is 84.9 Å². The van der Waals surface area contributed by atoms with Crippen LogP contribution < -0.4 is 19.7 Å². The predicted octanol–water partition coefficient (Wildman–Crippen LogP) is 3.88. The van der Waals surface area contributed by atoms with E-state index in [1.165, 1.54) is 13.2 Å². The molecule has 1 aliphatic rings. The molecule has 1 saturated heterocycles. The number of anilines is 1. The monoisotopic (exact) mass is 420 g/mol. The highest BCUT2D eigenvalue weighted by atomic mass is 16.5. The van der Waals surface area contributed by atoms with Gasteiger partial charge in [0.05, 0.1) is 19.4 Å². The predicted molar refractivity (Wildman–Crippen MR) is 118 cm³/mol. The van der Waals surface area contributed by atoms with Crippen LogP contribution in [0, 0.1) is 0 Å². The third-order valence-electron chi connectivity index (χ3n) is 4.62. The van der Waals surface area contributed by atoms with Crippen molar-refractivity contribution in [2.45, 2.75) is 19.8 Å². The first-order valence-electron chi connectivity index (χ1n) is 9.91. The number of allylic oxidation sites excluding steroid dienone is 1. The van der Waals surface area contributed by atoms with Crippen LogP contribution in [-0.2, 0) is 16.0 Å². The fourth-order valence-electron chi connectivity index (χ4n) is 3.23. The Morgan fingerprint density at radius 3 is 2.52 bits per heavy atom. The number of barbiturate groups is 1. The minimum atomic E-state index is -0.786. The van der Waals surface area contributed by atoms with Crippen LogP contribution in [0.5, 0.6) is 11.5 Å². The quantitative estimate of drug-likeness (QED) is 0.398. The van der Waals surface area contributed by atoms with Crippen molar-refractivity contribution in [3.63, 3.8) is 0 Å². The maximum atomic E-state index is 13.0. The van der Waals surface area contributed by atoms with Crippen LogP contribution in [0.25, 0.3) is 6.08 Å². The summed E-state index contributed by atoms with van der Waals surface area (Å²) >= 11 is 0. The van der Waals surface area contributed by atoms with Crippen molar-refractivity contribution >= 4 is 29.6 Å². The highest BCUT2D eigenvalue weighted by Crippen LogP contribution is 2.35. The second-order valence-corrected chi connectivity index (χ2v) is 6.85. The van der Waals surface area contributed by atoms with E-state index < -0.39 is 17.8 Å². The summed E-state index contributed by atoms with van der Waals surface area (Å²) in [6.45, 7) is 6.31. The summed E-state index contributed by atoms with van der Waals surface area (Å²) in [5.74, 6) is -0.362. The van der Waals surface area contributed by atoms with Gasteiger partial charge in [0.25, 0.3) is 11.8 Å². The molecule has 1 N–H and O–H groups in total. The molecule has 3 rings (SSSR count). The van der Waals surface area contributed by atoms with Gasteiger partial charge in [0, 0.05) is 5.56 Å². The number of nitrogens with one attached hydrogen (secondary N) is 1. The molecule has 7 heteroatoms. The van der Waals surface area contributed by atoms with Crippen molar-refractivity contribution in [3.05, 3.63) is 71.8 Å². The molecule has 1 aliphatic heterocycles. The Kier molecular flexibility index (Phi) is 6.87. The van der Waals surface area contributed by atoms with Gasteiger partial charge < -0.3 is 9.47 Å². The molecule has 4 amide bonds. The van der Waals surface area contributed by atoms with Gasteiger partial charge in [0.15, 0.2) is 11.5 Å². The van der Waals surface area contributed by atoms with Crippen LogP contribution in [0.15, 0.2) is 60.7 Å². The van der Waals surface area contributed by atoms with Gasteiger partial charge in [0.2, 0.25) is 0 Å². The van der Waals surface area contributed by atoms with E-state index in [9.17, 15) is 14.4 Å². The minimum absolute atomic E-state index is 0.155. The summed E-state index contributed by atoms with van der Waals surface area (Å²) in [7, 11) is 1.52. The molecule has 0 spiro atoms. The van der Waals surface area contributed by atoms with Crippen molar-refractivity contribution < 1.29 is 23.9 Å². The maximum Gasteiger partial charge on any atom is 0.335 e. The molecule has 7 nitrogen and oxygen atoms in total. The normalized spacial score (nSPS) is 15.1. The van der Waals surface area contributed by atoms with Gasteiger partial charge >= 0.3 is 6.03 Å². The number of imide groups is 2. The summed E-state index contributed by atoms with van der Waals surface area (Å²) in [6, 6.07) is 11.1. The molecule has 0 aromatic heterocycles. The van der Waals surface area contributed by atoms with E-state index >= 15 is 0 Å². The average Bonchev–Trinajstić information content (AvgIpc) is 2.76. The number of carbonyl (C=O) groups is 3. The zero-order valence-corrected chi connectivity index (χ0v) is 17.5. The lowest BCUT2D eigenvalue weighted by molar-refractivity contribution is -0.122. The molecule has 2 aromatic rings. The van der Waals surface area contributed by atoms with Crippen molar-refractivity contribution in [2.24, 2.45) is 0 Å². The Morgan fingerprint density at radius 1 is 1.13 bits per heavy atom. The fraction of sp³-hybridized carbons (Fsp3) is 0.208. The number of amides is 4. The maximum absolute atomic E-state index is 13.0. The Hall–Kier alpha value is -3.87. The number of methoxy groups -OCH3 is 1. The highest BCUT2D eigenvalue weighted by molar-refractivity contribution is 6.39. The number of urea groups is 1. The molecule has 1 heterocycles. The number of hydrogen-bond donors (Lipinski definition) is 1. The summed E-state index contributed by atoms with van der Waals surface area (Å²) in [5, 5.41) is 2.22. The Morgan fingerprint density at radius 2 is 1.87 bits per heavy atom. The molecule has 1 fully saturated rings. The summed E-state index contributed by atoms with van der Waals surface area (Å²) in [5.41, 5.74) is 1.60. The summed E-state index contributed by atoms with van der Waals surface area (Å²) in [4.78, 5) is 38.7. The van der Waals surface area contributed by atoms with Crippen LogP contribution in [0.2, 0.25) is 0 Å². The van der Waals surface area contributed by atoms with Gasteiger partial charge in [-0.15, -0.1) is 6.58 Å². The smallest absolute Gasteiger partial charge is 0.335 e. The molecule has 160 valence electrons. The summed E-state index contributed by atoms with van der Waals surface area (Å²) in [6.07, 6.45) is 4.53. The van der Waals surface area contributed by atoms with Crippen LogP contribution in [0.3, 0.4) is 0 Å². The third kappa shape index (κ3) is 4.66. The molecule has 0 aliphatic carbocycles. The average molecular weight is 420 g/mol. The first-order valence-corrected chi connectivity index (χ1v) is 9.91. The molecule has 0 atom stereocenters. The van der Waals surface area contributed by atoms with Gasteiger partial charge in [-0.1, -0.05) is 31.2 Å². The Bertz CT molecular complexity index is 1040. The SMILES string of the molecule is C=CCc1cc(/C=C2\C(=O)NC(=O)N(c3ccccc3)C2=O)cc(OC)c1OCCC. The fourth-order valence-corrected chi connectivity index (χ4v) is 3.23. The number of nitrogens with zero attached hydrogens (tertiary/aromatic N) is 1. The second-order valence-electron chi connectivity index (χ2n) is 6.85. The summed E-state index contributed by atoms with van der Waals surface area (Å²) < 4.78 is 11.3. The van der Waals surface area contributed by atoms with E-state index in [1.807, 2.05) is 13.0 Å². The molecular weight excluding hydrogens is 396 g/mol. The van der Waals surface area contributed by atoms with Crippen LogP contribution in [-0.4, -0.2) is 31.6 Å². The number of carbonyl (C=O) groups excluding carboxylic acids is 3. The minimum Gasteiger partial charge on any atom is -0.493 e. The van der Waals surface area contributed by atoms with Crippen molar-refractivity contribution in [1.82, 2.24) is 5.32 Å². The van der Waals surface area contributed by atoms with Gasteiger partial charge in [-0.3, -0.25) is 14.9 Å². The van der Waals surface area contributed by atoms with E-state index in [0.29, 0.717) is 35.8 Å². The third-order valence-corrected chi connectivity index (χ3v) is 4.62. The first-order chi connectivity index (χ1) is 15.0. The van der Waals surface area contributed by atoms with E-state index in [2.05, 4.69) is 11.9 Å². The molecule has 31 heavy (non-hydrogen) atoms. The number of benzene rings is 2. The molecular formula is C24H24N2O5. The van der Waals surface area contributed by atoms with Gasteiger partial charge in [-0.2, -0.15) is 0 Å². The molecule has 0 radical (unpaired) electrons. The van der Waals surface area contributed by atoms with Crippen LogP contribution in [0.1, 0.15) is 24.5 Å². The molecule has 0 bridgehead atoms. The largest absolute Gasteiger partial charge is 0.493 e. The highest BCUT2D eigenvalue weighted by Gasteiger charge is 2.36. The Labute approximate surface area is 181 Å². The van der Waals surface area contributed by atoms with E-state index in [-0.39, 0.29) is 5.57 Å². The van der Waals surface area contributed by atoms with E-state index in [1.54, 1.807) is 42.5 Å². The number of hydrogen-bond acceptors (Lipinski definition) is 5. The molecule has 0 saturated carbocycles. The van der Waals surface area contributed by atoms with Crippen LogP contribution in [0.4, 0.5) is 10.5 Å². The van der Waals surface area contributed by atoms with Crippen LogP contribution >= 0.6 is 0 Å². The lowest BCUT2D eigenvalue weighted by atomic mass is 10.0. The number of ether oxygens (including phenoxy) is 2. The zero-order valence-electron chi connectivity index (χ0n) is 17.5. The molecule has 0 unspecified atom stereocenters. The Balaban J connectivity index is 2.05. The lowest BCUT2D eigenvalue weighted by Crippen LogP contribution is -2.54. The van der Waals surface area contributed by atoms with Crippen molar-refractivity contribution in [2.75, 3.05) is 18.6 Å². The number of para-hydroxylation sites is 1. The first kappa shape index (κ1) is 21.8. The molecule has 2 aromatic carbocycles. The van der Waals surface area contributed by atoms with Crippen molar-refractivity contribution in [1.29, 1.82) is 0 Å². The second kappa shape index (κ2) is 9.75. The number of rotatable bonds is 8.